The van der Waals surface area contributed by atoms with Crippen LogP contribution in [0, 0.1) is 12.8 Å². The first kappa shape index (κ1) is 15.3. The fourth-order valence-corrected chi connectivity index (χ4v) is 2.87. The molecule has 0 radical (unpaired) electrons. The van der Waals surface area contributed by atoms with Crippen molar-refractivity contribution < 1.29 is 19.1 Å². The molecule has 0 saturated heterocycles. The number of furan rings is 1. The van der Waals surface area contributed by atoms with Crippen molar-refractivity contribution in [3.05, 3.63) is 34.9 Å². The summed E-state index contributed by atoms with van der Waals surface area (Å²) in [6, 6.07) is 7.32. The van der Waals surface area contributed by atoms with Crippen molar-refractivity contribution in [3.63, 3.8) is 0 Å². The lowest BCUT2D eigenvalue weighted by molar-refractivity contribution is -0.141. The first-order valence-electron chi connectivity index (χ1n) is 6.53. The normalized spacial score (nSPS) is 12.1. The third-order valence-corrected chi connectivity index (χ3v) is 4.20. The van der Waals surface area contributed by atoms with Crippen LogP contribution in [0.3, 0.4) is 0 Å². The van der Waals surface area contributed by atoms with Crippen molar-refractivity contribution in [1.82, 2.24) is 4.90 Å². The minimum atomic E-state index is -0.910. The fraction of sp³-hybridized carbons (Fsp3) is 0.333. The number of nitrogens with zero attached hydrogens (tertiary/aromatic N) is 1. The minimum absolute atomic E-state index is 0.178. The second-order valence-corrected chi connectivity index (χ2v) is 6.08. The Bertz CT molecular complexity index is 658. The molecular weight excluding hydrogens is 290 g/mol. The maximum atomic E-state index is 12.3. The third-order valence-electron chi connectivity index (χ3n) is 3.12. The first-order chi connectivity index (χ1) is 9.88. The van der Waals surface area contributed by atoms with Crippen molar-refractivity contribution in [2.75, 3.05) is 13.6 Å². The van der Waals surface area contributed by atoms with E-state index in [1.165, 1.54) is 16.2 Å². The average Bonchev–Trinajstić information content (AvgIpc) is 3.05. The van der Waals surface area contributed by atoms with E-state index >= 15 is 0 Å². The summed E-state index contributed by atoms with van der Waals surface area (Å²) in [6.07, 6.45) is 0. The number of hydrogen-bond donors (Lipinski definition) is 1. The van der Waals surface area contributed by atoms with Crippen LogP contribution in [0.15, 0.2) is 28.7 Å². The Morgan fingerprint density at radius 1 is 1.33 bits per heavy atom. The number of rotatable bonds is 5. The van der Waals surface area contributed by atoms with Gasteiger partial charge in [-0.15, -0.1) is 11.3 Å². The van der Waals surface area contributed by atoms with Gasteiger partial charge in [-0.1, -0.05) is 6.92 Å². The van der Waals surface area contributed by atoms with Crippen molar-refractivity contribution in [1.29, 1.82) is 0 Å². The number of hydrogen-bond acceptors (Lipinski definition) is 4. The molecule has 0 aliphatic carbocycles. The third kappa shape index (κ3) is 3.52. The molecule has 2 heterocycles. The summed E-state index contributed by atoms with van der Waals surface area (Å²) in [5.41, 5.74) is 0. The number of carboxylic acids is 1. The lowest BCUT2D eigenvalue weighted by atomic mass is 10.2. The molecule has 2 rings (SSSR count). The van der Waals surface area contributed by atoms with Crippen LogP contribution in [0.2, 0.25) is 0 Å². The summed E-state index contributed by atoms with van der Waals surface area (Å²) in [6.45, 7) is 3.63. The molecule has 112 valence electrons. The molecule has 2 aromatic heterocycles. The predicted octanol–water partition coefficient (Wildman–Crippen LogP) is 3.11. The topological polar surface area (TPSA) is 70.8 Å². The molecular formula is C15H17NO4S. The van der Waals surface area contributed by atoms with Gasteiger partial charge in [0.15, 0.2) is 0 Å². The van der Waals surface area contributed by atoms with Gasteiger partial charge in [-0.3, -0.25) is 9.59 Å². The van der Waals surface area contributed by atoms with Crippen LogP contribution in [-0.2, 0) is 4.79 Å². The zero-order valence-corrected chi connectivity index (χ0v) is 12.9. The molecule has 1 amide bonds. The highest BCUT2D eigenvalue weighted by molar-refractivity contribution is 7.17. The van der Waals surface area contributed by atoms with Crippen LogP contribution >= 0.6 is 11.3 Å². The van der Waals surface area contributed by atoms with E-state index in [1.807, 2.05) is 25.1 Å². The lowest BCUT2D eigenvalue weighted by Gasteiger charge is -2.18. The number of carbonyl (C=O) groups excluding carboxylic acids is 1. The quantitative estimate of drug-likeness (QED) is 0.921. The maximum absolute atomic E-state index is 12.3. The molecule has 0 saturated carbocycles. The zero-order valence-electron chi connectivity index (χ0n) is 12.1. The highest BCUT2D eigenvalue weighted by Gasteiger charge is 2.20. The van der Waals surface area contributed by atoms with Crippen molar-refractivity contribution in [2.24, 2.45) is 5.92 Å². The predicted molar refractivity (Wildman–Crippen MR) is 80.5 cm³/mol. The maximum Gasteiger partial charge on any atom is 0.308 e. The summed E-state index contributed by atoms with van der Waals surface area (Å²) in [5, 5.41) is 8.89. The van der Waals surface area contributed by atoms with Gasteiger partial charge in [0.05, 0.1) is 15.7 Å². The van der Waals surface area contributed by atoms with E-state index in [0.717, 1.165) is 16.4 Å². The molecule has 1 N–H and O–H groups in total. The Morgan fingerprint density at radius 3 is 2.62 bits per heavy atom. The van der Waals surface area contributed by atoms with Crippen molar-refractivity contribution in [3.8, 4) is 10.6 Å². The highest BCUT2D eigenvalue weighted by Crippen LogP contribution is 2.30. The second kappa shape index (κ2) is 6.13. The van der Waals surface area contributed by atoms with Crippen LogP contribution < -0.4 is 0 Å². The lowest BCUT2D eigenvalue weighted by Crippen LogP contribution is -2.33. The van der Waals surface area contributed by atoms with E-state index in [9.17, 15) is 9.59 Å². The summed E-state index contributed by atoms with van der Waals surface area (Å²) in [5.74, 6) is -0.127. The summed E-state index contributed by atoms with van der Waals surface area (Å²) >= 11 is 1.34. The number of amides is 1. The number of thiophene rings is 1. The van der Waals surface area contributed by atoms with Gasteiger partial charge in [-0.2, -0.15) is 0 Å². The molecule has 21 heavy (non-hydrogen) atoms. The zero-order chi connectivity index (χ0) is 15.6. The smallest absolute Gasteiger partial charge is 0.308 e. The Morgan fingerprint density at radius 2 is 2.05 bits per heavy atom. The van der Waals surface area contributed by atoms with Gasteiger partial charge in [0.25, 0.3) is 5.91 Å². The minimum Gasteiger partial charge on any atom is -0.481 e. The molecule has 0 aliphatic heterocycles. The molecule has 0 aromatic carbocycles. The van der Waals surface area contributed by atoms with Gasteiger partial charge in [-0.05, 0) is 31.2 Å². The second-order valence-electron chi connectivity index (χ2n) is 5.00. The van der Waals surface area contributed by atoms with E-state index in [4.69, 9.17) is 9.52 Å². The first-order valence-corrected chi connectivity index (χ1v) is 7.35. The van der Waals surface area contributed by atoms with Gasteiger partial charge >= 0.3 is 5.97 Å². The summed E-state index contributed by atoms with van der Waals surface area (Å²) < 4.78 is 5.53. The van der Waals surface area contributed by atoms with Crippen LogP contribution in [0.4, 0.5) is 0 Å². The Balaban J connectivity index is 2.10. The highest BCUT2D eigenvalue weighted by atomic mass is 32.1. The van der Waals surface area contributed by atoms with E-state index in [-0.39, 0.29) is 12.5 Å². The average molecular weight is 307 g/mol. The van der Waals surface area contributed by atoms with Gasteiger partial charge < -0.3 is 14.4 Å². The van der Waals surface area contributed by atoms with Gasteiger partial charge in [0.2, 0.25) is 0 Å². The van der Waals surface area contributed by atoms with Gasteiger partial charge in [0.1, 0.15) is 11.5 Å². The standard InChI is InChI=1S/C15H17NO4S/c1-9(15(18)19)8-16(3)14(17)13-7-6-12(21-13)11-5-4-10(2)20-11/h4-7,9H,8H2,1-3H3,(H,18,19). The Labute approximate surface area is 126 Å². The molecule has 2 aromatic rings. The number of carbonyl (C=O) groups is 2. The van der Waals surface area contributed by atoms with E-state index in [2.05, 4.69) is 0 Å². The Kier molecular flexibility index (Phi) is 4.47. The van der Waals surface area contributed by atoms with E-state index in [0.29, 0.717) is 4.88 Å². The number of carboxylic acid groups (broad SMARTS) is 1. The van der Waals surface area contributed by atoms with Crippen LogP contribution in [0.25, 0.3) is 10.6 Å². The molecule has 0 bridgehead atoms. The molecule has 1 atom stereocenters. The van der Waals surface area contributed by atoms with Crippen LogP contribution in [0.1, 0.15) is 22.4 Å². The fourth-order valence-electron chi connectivity index (χ4n) is 1.91. The van der Waals surface area contributed by atoms with Crippen LogP contribution in [0.5, 0.6) is 0 Å². The molecule has 1 unspecified atom stereocenters. The van der Waals surface area contributed by atoms with Gasteiger partial charge in [-0.25, -0.2) is 0 Å². The molecule has 0 spiro atoms. The summed E-state index contributed by atoms with van der Waals surface area (Å²) in [7, 11) is 1.61. The van der Waals surface area contributed by atoms with Crippen molar-refractivity contribution in [2.45, 2.75) is 13.8 Å². The number of aliphatic carboxylic acids is 1. The van der Waals surface area contributed by atoms with Crippen LogP contribution in [-0.4, -0.2) is 35.5 Å². The largest absolute Gasteiger partial charge is 0.481 e. The van der Waals surface area contributed by atoms with Crippen molar-refractivity contribution >= 4 is 23.2 Å². The van der Waals surface area contributed by atoms with E-state index < -0.39 is 11.9 Å². The molecule has 0 aliphatic rings. The summed E-state index contributed by atoms with van der Waals surface area (Å²) in [4.78, 5) is 26.0. The molecule has 0 fully saturated rings. The molecule has 5 nitrogen and oxygen atoms in total. The monoisotopic (exact) mass is 307 g/mol. The SMILES string of the molecule is Cc1ccc(-c2ccc(C(=O)N(C)CC(C)C(=O)O)s2)o1. The van der Waals surface area contributed by atoms with Gasteiger partial charge in [0, 0.05) is 13.6 Å². The Hall–Kier alpha value is -2.08. The van der Waals surface area contributed by atoms with E-state index in [1.54, 1.807) is 20.0 Å². The molecule has 6 heteroatoms. The number of aryl methyl sites for hydroxylation is 1.